The highest BCUT2D eigenvalue weighted by molar-refractivity contribution is 14.1. The lowest BCUT2D eigenvalue weighted by molar-refractivity contribution is -0.384. The average Bonchev–Trinajstić information content (AvgIpc) is 3.11. The molecule has 25 heavy (non-hydrogen) atoms. The Labute approximate surface area is 155 Å². The predicted molar refractivity (Wildman–Crippen MR) is 97.7 cm³/mol. The number of hydrogen-bond donors (Lipinski definition) is 1. The molecular formula is C15H11IN6O3. The first kappa shape index (κ1) is 17.0. The summed E-state index contributed by atoms with van der Waals surface area (Å²) < 4.78 is 2.11. The number of carbonyl (C=O) groups is 1. The van der Waals surface area contributed by atoms with Gasteiger partial charge in [-0.3, -0.25) is 14.9 Å². The van der Waals surface area contributed by atoms with Crippen molar-refractivity contribution in [3.63, 3.8) is 0 Å². The minimum Gasteiger partial charge on any atom is -0.322 e. The summed E-state index contributed by atoms with van der Waals surface area (Å²) in [6.07, 6.45) is 1.46. The number of aromatic nitrogens is 4. The highest BCUT2D eigenvalue weighted by Crippen LogP contribution is 2.22. The number of nitro groups is 1. The number of nitrogens with one attached hydrogen (secondary N) is 1. The van der Waals surface area contributed by atoms with Crippen LogP contribution in [0.1, 0.15) is 15.9 Å². The molecule has 0 saturated carbocycles. The van der Waals surface area contributed by atoms with Crippen molar-refractivity contribution in [3.05, 3.63) is 67.5 Å². The molecule has 0 fully saturated rings. The zero-order valence-electron chi connectivity index (χ0n) is 12.9. The number of nitrogens with zero attached hydrogens (tertiary/aromatic N) is 5. The summed E-state index contributed by atoms with van der Waals surface area (Å²) in [4.78, 5) is 22.9. The van der Waals surface area contributed by atoms with Crippen LogP contribution in [-0.2, 0) is 0 Å². The number of aryl methyl sites for hydroxylation is 1. The summed E-state index contributed by atoms with van der Waals surface area (Å²) in [6.45, 7) is 1.89. The number of anilines is 1. The van der Waals surface area contributed by atoms with E-state index in [-0.39, 0.29) is 11.3 Å². The van der Waals surface area contributed by atoms with Gasteiger partial charge in [0, 0.05) is 21.4 Å². The third kappa shape index (κ3) is 3.63. The first-order chi connectivity index (χ1) is 12.0. The van der Waals surface area contributed by atoms with Gasteiger partial charge in [0.15, 0.2) is 0 Å². The topological polar surface area (TPSA) is 116 Å². The van der Waals surface area contributed by atoms with Gasteiger partial charge in [-0.05, 0) is 63.7 Å². The molecule has 0 aliphatic heterocycles. The van der Waals surface area contributed by atoms with Gasteiger partial charge in [0.25, 0.3) is 11.6 Å². The lowest BCUT2D eigenvalue weighted by Crippen LogP contribution is -2.14. The van der Waals surface area contributed by atoms with Crippen LogP contribution in [0.25, 0.3) is 5.69 Å². The Morgan fingerprint density at radius 1 is 1.28 bits per heavy atom. The normalized spacial score (nSPS) is 10.5. The first-order valence-electron chi connectivity index (χ1n) is 7.05. The summed E-state index contributed by atoms with van der Waals surface area (Å²) in [7, 11) is 0. The molecule has 0 atom stereocenters. The maximum atomic E-state index is 12.5. The number of hydrogen-bond acceptors (Lipinski definition) is 6. The molecule has 0 unspecified atom stereocenters. The van der Waals surface area contributed by atoms with Crippen LogP contribution < -0.4 is 5.32 Å². The summed E-state index contributed by atoms with van der Waals surface area (Å²) in [5.74, 6) is -0.431. The van der Waals surface area contributed by atoms with E-state index in [9.17, 15) is 14.9 Å². The fourth-order valence-electron chi connectivity index (χ4n) is 2.20. The van der Waals surface area contributed by atoms with Gasteiger partial charge in [-0.1, -0.05) is 6.07 Å². The van der Waals surface area contributed by atoms with Crippen molar-refractivity contribution in [1.29, 1.82) is 0 Å². The van der Waals surface area contributed by atoms with Gasteiger partial charge < -0.3 is 5.32 Å². The van der Waals surface area contributed by atoms with E-state index in [4.69, 9.17) is 0 Å². The summed E-state index contributed by atoms with van der Waals surface area (Å²) in [6, 6.07) is 9.45. The van der Waals surface area contributed by atoms with Gasteiger partial charge in [0.2, 0.25) is 0 Å². The standard InChI is InChI=1S/C15H11IN6O3/c1-9-2-3-10(6-14(9)21-8-17-19-20-21)18-15(23)12-7-11(22(24)25)4-5-13(12)16/h2-8H,1H3,(H,18,23). The number of tetrazole rings is 1. The Morgan fingerprint density at radius 2 is 2.08 bits per heavy atom. The minimum atomic E-state index is -0.533. The molecule has 0 radical (unpaired) electrons. The predicted octanol–water partition coefficient (Wildman–Crippen LogP) is 2.74. The molecule has 126 valence electrons. The molecule has 1 N–H and O–H groups in total. The molecule has 0 saturated heterocycles. The fraction of sp³-hybridized carbons (Fsp3) is 0.0667. The van der Waals surface area contributed by atoms with Crippen LogP contribution in [0.15, 0.2) is 42.7 Å². The molecule has 3 aromatic rings. The third-order valence-corrected chi connectivity index (χ3v) is 4.41. The van der Waals surface area contributed by atoms with Gasteiger partial charge in [-0.15, -0.1) is 5.10 Å². The largest absolute Gasteiger partial charge is 0.322 e. The van der Waals surface area contributed by atoms with Gasteiger partial charge in [-0.25, -0.2) is 4.68 Å². The zero-order valence-corrected chi connectivity index (χ0v) is 15.0. The quantitative estimate of drug-likeness (QED) is 0.371. The second kappa shape index (κ2) is 6.93. The minimum absolute atomic E-state index is 0.135. The molecule has 1 heterocycles. The molecule has 1 amide bonds. The molecule has 1 aromatic heterocycles. The Kier molecular flexibility index (Phi) is 4.70. The van der Waals surface area contributed by atoms with E-state index in [0.717, 1.165) is 11.3 Å². The van der Waals surface area contributed by atoms with Crippen LogP contribution >= 0.6 is 22.6 Å². The van der Waals surface area contributed by atoms with Crippen molar-refractivity contribution < 1.29 is 9.72 Å². The van der Waals surface area contributed by atoms with Crippen LogP contribution in [0.2, 0.25) is 0 Å². The van der Waals surface area contributed by atoms with Crippen molar-refractivity contribution in [2.75, 3.05) is 5.32 Å². The fourth-order valence-corrected chi connectivity index (χ4v) is 2.79. The van der Waals surface area contributed by atoms with E-state index in [1.54, 1.807) is 12.1 Å². The SMILES string of the molecule is Cc1ccc(NC(=O)c2cc([N+](=O)[O-])ccc2I)cc1-n1cnnn1. The number of benzene rings is 2. The maximum Gasteiger partial charge on any atom is 0.270 e. The Balaban J connectivity index is 1.90. The van der Waals surface area contributed by atoms with Crippen LogP contribution in [0, 0.1) is 20.6 Å². The number of carbonyl (C=O) groups excluding carboxylic acids is 1. The molecule has 10 heteroatoms. The Morgan fingerprint density at radius 3 is 2.76 bits per heavy atom. The van der Waals surface area contributed by atoms with Gasteiger partial charge in [0.1, 0.15) is 6.33 Å². The highest BCUT2D eigenvalue weighted by atomic mass is 127. The van der Waals surface area contributed by atoms with Gasteiger partial charge in [-0.2, -0.15) is 0 Å². The van der Waals surface area contributed by atoms with Gasteiger partial charge in [0.05, 0.1) is 16.2 Å². The summed E-state index contributed by atoms with van der Waals surface area (Å²) in [5, 5.41) is 24.7. The van der Waals surface area contributed by atoms with Crippen molar-refractivity contribution in [3.8, 4) is 5.69 Å². The van der Waals surface area contributed by atoms with Crippen molar-refractivity contribution in [2.24, 2.45) is 0 Å². The lowest BCUT2D eigenvalue weighted by atomic mass is 10.1. The average molecular weight is 450 g/mol. The van der Waals surface area contributed by atoms with Crippen molar-refractivity contribution in [2.45, 2.75) is 6.92 Å². The molecular weight excluding hydrogens is 439 g/mol. The van der Waals surface area contributed by atoms with E-state index < -0.39 is 10.8 Å². The summed E-state index contributed by atoms with van der Waals surface area (Å²) >= 11 is 1.96. The molecule has 2 aromatic carbocycles. The molecule has 3 rings (SSSR count). The highest BCUT2D eigenvalue weighted by Gasteiger charge is 2.16. The molecule has 0 bridgehead atoms. The van der Waals surface area contributed by atoms with E-state index in [0.29, 0.717) is 9.26 Å². The number of non-ortho nitro benzene ring substituents is 1. The Bertz CT molecular complexity index is 958. The maximum absolute atomic E-state index is 12.5. The summed E-state index contributed by atoms with van der Waals surface area (Å²) in [5.41, 5.74) is 2.28. The lowest BCUT2D eigenvalue weighted by Gasteiger charge is -2.10. The van der Waals surface area contributed by atoms with Crippen molar-refractivity contribution >= 4 is 39.9 Å². The zero-order chi connectivity index (χ0) is 18.0. The van der Waals surface area contributed by atoms with Crippen LogP contribution in [0.4, 0.5) is 11.4 Å². The van der Waals surface area contributed by atoms with Crippen LogP contribution in [0.5, 0.6) is 0 Å². The smallest absolute Gasteiger partial charge is 0.270 e. The van der Waals surface area contributed by atoms with E-state index in [1.807, 2.05) is 35.6 Å². The molecule has 0 aliphatic rings. The number of amides is 1. The van der Waals surface area contributed by atoms with E-state index >= 15 is 0 Å². The second-order valence-corrected chi connectivity index (χ2v) is 6.29. The van der Waals surface area contributed by atoms with E-state index in [1.165, 1.54) is 29.2 Å². The van der Waals surface area contributed by atoms with E-state index in [2.05, 4.69) is 20.8 Å². The van der Waals surface area contributed by atoms with Crippen molar-refractivity contribution in [1.82, 2.24) is 20.2 Å². The number of rotatable bonds is 4. The van der Waals surface area contributed by atoms with Crippen LogP contribution in [-0.4, -0.2) is 31.0 Å². The molecule has 0 aliphatic carbocycles. The monoisotopic (exact) mass is 450 g/mol. The first-order valence-corrected chi connectivity index (χ1v) is 8.13. The molecule has 0 spiro atoms. The third-order valence-electron chi connectivity index (χ3n) is 3.47. The number of nitro benzene ring substituents is 1. The second-order valence-electron chi connectivity index (χ2n) is 5.13. The van der Waals surface area contributed by atoms with Gasteiger partial charge >= 0.3 is 0 Å². The Hall–Kier alpha value is -2.89. The number of halogens is 1. The molecule has 9 nitrogen and oxygen atoms in total. The van der Waals surface area contributed by atoms with Crippen LogP contribution in [0.3, 0.4) is 0 Å².